The fourth-order valence-electron chi connectivity index (χ4n) is 9.35. The lowest BCUT2D eigenvalue weighted by Gasteiger charge is -2.59. The van der Waals surface area contributed by atoms with Crippen molar-refractivity contribution in [1.82, 2.24) is 4.90 Å². The topological polar surface area (TPSA) is 155 Å². The zero-order valence-electron chi connectivity index (χ0n) is 33.8. The molecule has 0 aromatic heterocycles. The Bertz CT molecular complexity index is 2030. The van der Waals surface area contributed by atoms with E-state index in [1.165, 1.54) is 7.11 Å². The van der Waals surface area contributed by atoms with Crippen molar-refractivity contribution in [2.24, 2.45) is 22.9 Å². The Labute approximate surface area is 345 Å². The van der Waals surface area contributed by atoms with Gasteiger partial charge in [-0.1, -0.05) is 48.3 Å². The first-order chi connectivity index (χ1) is 28.9. The maximum absolute atomic E-state index is 14.4. The number of rotatable bonds is 19. The molecule has 7 rings (SSSR count). The van der Waals surface area contributed by atoms with Crippen molar-refractivity contribution in [1.29, 1.82) is 0 Å². The van der Waals surface area contributed by atoms with E-state index in [-0.39, 0.29) is 63.9 Å². The van der Waals surface area contributed by atoms with Gasteiger partial charge >= 0.3 is 6.09 Å². The largest absolute Gasteiger partial charge is 0.459 e. The van der Waals surface area contributed by atoms with E-state index in [1.54, 1.807) is 42.2 Å². The molecule has 6 atom stereocenters. The molecule has 2 aliphatic carbocycles. The van der Waals surface area contributed by atoms with E-state index in [4.69, 9.17) is 33.3 Å². The second-order valence-corrected chi connectivity index (χ2v) is 15.3. The SMILES string of the molecule is C=CCOC12Oc3ccc(Oc4cccc(C=O)c4)cc3C3C(CCCCO)C(CCCCO)C=C(C(=NOC)CC1N(Cc1ccc4c(c1)OCO4)C(=O)OCC)C32. The number of nitrogens with zero attached hydrogens (tertiary/aromatic N) is 2. The first-order valence-corrected chi connectivity index (χ1v) is 20.5. The average molecular weight is 811 g/mol. The number of benzene rings is 3. The van der Waals surface area contributed by atoms with Crippen LogP contribution in [-0.2, 0) is 20.9 Å². The van der Waals surface area contributed by atoms with Crippen molar-refractivity contribution >= 4 is 18.1 Å². The lowest BCUT2D eigenvalue weighted by Crippen LogP contribution is -2.70. The van der Waals surface area contributed by atoms with Crippen molar-refractivity contribution < 1.29 is 53.1 Å². The van der Waals surface area contributed by atoms with E-state index in [9.17, 15) is 19.8 Å². The first kappa shape index (κ1) is 41.8. The van der Waals surface area contributed by atoms with Gasteiger partial charge in [-0.2, -0.15) is 0 Å². The molecule has 0 spiro atoms. The fraction of sp³-hybridized carbons (Fsp3) is 0.457. The molecule has 0 bridgehead atoms. The third-order valence-electron chi connectivity index (χ3n) is 11.7. The van der Waals surface area contributed by atoms with E-state index < -0.39 is 23.8 Å². The number of aliphatic hydroxyl groups excluding tert-OH is 2. The molecule has 0 radical (unpaired) electrons. The van der Waals surface area contributed by atoms with Crippen LogP contribution in [-0.4, -0.2) is 85.4 Å². The van der Waals surface area contributed by atoms with Gasteiger partial charge in [0.1, 0.15) is 36.7 Å². The van der Waals surface area contributed by atoms with E-state index in [0.717, 1.165) is 48.7 Å². The standard InChI is InChI=1S/C46H54N2O11/c1-4-21-57-46-42(48(45(52)54-5-2)27-30-15-17-40-41(23-30)56-29-55-40)26-38(47-53-3)36-24-32(12-6-8-19-49)35(14-7-9-20-50)43(44(36)46)37-25-34(16-18-39(37)59-46)58-33-13-10-11-31(22-33)28-51/h4,10-11,13,15-18,22-25,28,32,35,42-44,49-50H,1,5-9,12,14,19-21,26-27,29H2,2-3H3. The van der Waals surface area contributed by atoms with E-state index in [2.05, 4.69) is 17.8 Å². The summed E-state index contributed by atoms with van der Waals surface area (Å²) < 4.78 is 37.8. The number of unbranched alkanes of at least 4 members (excludes halogenated alkanes) is 2. The van der Waals surface area contributed by atoms with Crippen molar-refractivity contribution in [3.8, 4) is 28.7 Å². The Morgan fingerprint density at radius 1 is 0.983 bits per heavy atom. The molecule has 13 heteroatoms. The van der Waals surface area contributed by atoms with Crippen LogP contribution in [0.25, 0.3) is 0 Å². The monoisotopic (exact) mass is 810 g/mol. The minimum atomic E-state index is -1.47. The number of aliphatic hydroxyl groups is 2. The predicted octanol–water partition coefficient (Wildman–Crippen LogP) is 7.94. The van der Waals surface area contributed by atoms with Crippen LogP contribution in [0.4, 0.5) is 4.79 Å². The van der Waals surface area contributed by atoms with Gasteiger partial charge in [-0.25, -0.2) is 4.79 Å². The molecule has 1 fully saturated rings. The molecule has 3 aromatic rings. The molecule has 2 N–H and O–H groups in total. The van der Waals surface area contributed by atoms with E-state index in [1.807, 2.05) is 36.4 Å². The molecular weight excluding hydrogens is 757 g/mol. The Hall–Kier alpha value is -5.37. The molecule has 2 heterocycles. The average Bonchev–Trinajstić information content (AvgIpc) is 3.72. The van der Waals surface area contributed by atoms with E-state index >= 15 is 0 Å². The van der Waals surface area contributed by atoms with Crippen molar-refractivity contribution in [2.75, 3.05) is 40.3 Å². The van der Waals surface area contributed by atoms with Gasteiger partial charge in [0.15, 0.2) is 11.5 Å². The number of hydrogen-bond donors (Lipinski definition) is 2. The smallest absolute Gasteiger partial charge is 0.410 e. The highest BCUT2D eigenvalue weighted by molar-refractivity contribution is 6.03. The second-order valence-electron chi connectivity index (χ2n) is 15.3. The number of carbonyl (C=O) groups excluding carboxylic acids is 2. The molecule has 1 saturated carbocycles. The normalized spacial score (nSPS) is 24.2. The lowest BCUT2D eigenvalue weighted by atomic mass is 9.55. The fourth-order valence-corrected chi connectivity index (χ4v) is 9.35. The predicted molar refractivity (Wildman–Crippen MR) is 219 cm³/mol. The molecule has 2 aliphatic heterocycles. The quantitative estimate of drug-likeness (QED) is 0.0525. The molecule has 314 valence electrons. The maximum atomic E-state index is 14.4. The second kappa shape index (κ2) is 19.1. The zero-order valence-corrected chi connectivity index (χ0v) is 33.8. The molecule has 0 saturated heterocycles. The van der Waals surface area contributed by atoms with Gasteiger partial charge in [-0.15, -0.1) is 6.58 Å². The van der Waals surface area contributed by atoms with Crippen LogP contribution in [0.3, 0.4) is 0 Å². The molecular formula is C46H54N2O11. The van der Waals surface area contributed by atoms with Crippen molar-refractivity contribution in [3.05, 3.63) is 102 Å². The highest BCUT2D eigenvalue weighted by Crippen LogP contribution is 2.62. The highest BCUT2D eigenvalue weighted by Gasteiger charge is 2.65. The Morgan fingerprint density at radius 3 is 2.53 bits per heavy atom. The van der Waals surface area contributed by atoms with Crippen LogP contribution < -0.4 is 18.9 Å². The Balaban J connectivity index is 1.43. The molecule has 1 amide bonds. The van der Waals surface area contributed by atoms with Crippen LogP contribution in [0.1, 0.15) is 79.3 Å². The third-order valence-corrected chi connectivity index (χ3v) is 11.7. The molecule has 6 unspecified atom stereocenters. The van der Waals surface area contributed by atoms with Gasteiger partial charge in [0.25, 0.3) is 0 Å². The van der Waals surface area contributed by atoms with Crippen LogP contribution in [0.2, 0.25) is 0 Å². The number of carbonyl (C=O) groups is 2. The summed E-state index contributed by atoms with van der Waals surface area (Å²) in [7, 11) is 1.51. The van der Waals surface area contributed by atoms with Gasteiger partial charge in [0.2, 0.25) is 12.6 Å². The summed E-state index contributed by atoms with van der Waals surface area (Å²) in [6.07, 6.45) is 8.88. The van der Waals surface area contributed by atoms with Gasteiger partial charge in [-0.05, 0) is 98.0 Å². The summed E-state index contributed by atoms with van der Waals surface area (Å²) in [5.74, 6) is 0.698. The zero-order chi connectivity index (χ0) is 41.4. The number of fused-ring (bicyclic) bond motifs is 3. The summed E-state index contributed by atoms with van der Waals surface area (Å²) in [4.78, 5) is 33.2. The summed E-state index contributed by atoms with van der Waals surface area (Å²) in [5, 5.41) is 24.4. The van der Waals surface area contributed by atoms with Crippen LogP contribution >= 0.6 is 0 Å². The maximum Gasteiger partial charge on any atom is 0.410 e. The van der Waals surface area contributed by atoms with Gasteiger partial charge in [0.05, 0.1) is 24.8 Å². The minimum absolute atomic E-state index is 0.0180. The number of allylic oxidation sites excluding steroid dienone is 1. The number of ether oxygens (including phenoxy) is 6. The molecule has 4 aliphatic rings. The number of amides is 1. The minimum Gasteiger partial charge on any atom is -0.459 e. The number of oxime groups is 1. The molecule has 13 nitrogen and oxygen atoms in total. The third kappa shape index (κ3) is 8.69. The first-order valence-electron chi connectivity index (χ1n) is 20.5. The summed E-state index contributed by atoms with van der Waals surface area (Å²) in [6, 6.07) is 17.5. The van der Waals surface area contributed by atoms with Crippen LogP contribution in [0, 0.1) is 17.8 Å². The number of aldehydes is 1. The Kier molecular flexibility index (Phi) is 13.5. The lowest BCUT2D eigenvalue weighted by molar-refractivity contribution is -0.256. The van der Waals surface area contributed by atoms with Crippen LogP contribution in [0.5, 0.6) is 28.7 Å². The Morgan fingerprint density at radius 2 is 1.76 bits per heavy atom. The summed E-state index contributed by atoms with van der Waals surface area (Å²) in [5.41, 5.74) is 3.76. The summed E-state index contributed by atoms with van der Waals surface area (Å²) >= 11 is 0. The summed E-state index contributed by atoms with van der Waals surface area (Å²) in [6.45, 7) is 6.44. The van der Waals surface area contributed by atoms with Crippen LogP contribution in [0.15, 0.2) is 90.1 Å². The number of hydrogen-bond acceptors (Lipinski definition) is 12. The van der Waals surface area contributed by atoms with Crippen molar-refractivity contribution in [2.45, 2.75) is 76.2 Å². The van der Waals surface area contributed by atoms with Gasteiger partial charge < -0.3 is 43.5 Å². The van der Waals surface area contributed by atoms with E-state index in [0.29, 0.717) is 52.9 Å². The van der Waals surface area contributed by atoms with Crippen molar-refractivity contribution in [3.63, 3.8) is 0 Å². The van der Waals surface area contributed by atoms with Gasteiger partial charge in [0, 0.05) is 43.2 Å². The highest BCUT2D eigenvalue weighted by atomic mass is 16.7. The molecule has 3 aromatic carbocycles. The molecule has 59 heavy (non-hydrogen) atoms. The van der Waals surface area contributed by atoms with Gasteiger partial charge in [-0.3, -0.25) is 9.69 Å².